The maximum Gasteiger partial charge on any atom is 0.141 e. The van der Waals surface area contributed by atoms with Crippen LogP contribution in [0.4, 0.5) is 0 Å². The zero-order chi connectivity index (χ0) is 8.84. The second-order valence-electron chi connectivity index (χ2n) is 4.14. The molecule has 1 aromatic heterocycles. The molecule has 70 valence electrons. The molecule has 13 heavy (non-hydrogen) atoms. The maximum absolute atomic E-state index is 5.33. The summed E-state index contributed by atoms with van der Waals surface area (Å²) in [5, 5.41) is 7.68. The van der Waals surface area contributed by atoms with E-state index in [-0.39, 0.29) is 0 Å². The number of rotatable bonds is 0. The van der Waals surface area contributed by atoms with E-state index in [4.69, 9.17) is 4.52 Å². The Morgan fingerprint density at radius 1 is 1.38 bits per heavy atom. The van der Waals surface area contributed by atoms with Crippen LogP contribution in [0.1, 0.15) is 42.3 Å². The Bertz CT molecular complexity index is 332. The quantitative estimate of drug-likeness (QED) is 0.657. The van der Waals surface area contributed by atoms with Crippen LogP contribution in [-0.4, -0.2) is 11.2 Å². The van der Waals surface area contributed by atoms with Crippen molar-refractivity contribution >= 4 is 0 Å². The first kappa shape index (κ1) is 7.56. The summed E-state index contributed by atoms with van der Waals surface area (Å²) in [7, 11) is 0. The molecular formula is C10H14N2O. The zero-order valence-electron chi connectivity index (χ0n) is 7.84. The largest absolute Gasteiger partial charge is 0.361 e. The highest BCUT2D eigenvalue weighted by Gasteiger charge is 2.33. The molecule has 3 heterocycles. The summed E-state index contributed by atoms with van der Waals surface area (Å²) in [6, 6.07) is 1.24. The predicted octanol–water partition coefficient (Wildman–Crippen LogP) is 1.72. The Morgan fingerprint density at radius 3 is 3.23 bits per heavy atom. The van der Waals surface area contributed by atoms with Crippen molar-refractivity contribution in [2.75, 3.05) is 0 Å². The Labute approximate surface area is 77.5 Å². The van der Waals surface area contributed by atoms with Crippen LogP contribution in [-0.2, 0) is 6.42 Å². The highest BCUT2D eigenvalue weighted by molar-refractivity contribution is 5.28. The van der Waals surface area contributed by atoms with Crippen molar-refractivity contribution in [2.45, 2.75) is 44.7 Å². The van der Waals surface area contributed by atoms with Crippen LogP contribution in [0.15, 0.2) is 4.52 Å². The number of nitrogens with zero attached hydrogens (tertiary/aromatic N) is 1. The first-order chi connectivity index (χ1) is 6.34. The van der Waals surface area contributed by atoms with Crippen LogP contribution in [0.3, 0.4) is 0 Å². The van der Waals surface area contributed by atoms with E-state index in [0.29, 0.717) is 12.1 Å². The monoisotopic (exact) mass is 178 g/mol. The van der Waals surface area contributed by atoms with Gasteiger partial charge in [-0.2, -0.15) is 0 Å². The fourth-order valence-corrected chi connectivity index (χ4v) is 2.63. The lowest BCUT2D eigenvalue weighted by molar-refractivity contribution is 0.372. The van der Waals surface area contributed by atoms with E-state index >= 15 is 0 Å². The minimum Gasteiger partial charge on any atom is -0.361 e. The Hall–Kier alpha value is -0.830. The molecular weight excluding hydrogens is 164 g/mol. The van der Waals surface area contributed by atoms with Crippen molar-refractivity contribution in [3.8, 4) is 0 Å². The molecule has 2 aliphatic heterocycles. The van der Waals surface area contributed by atoms with Gasteiger partial charge in [0.15, 0.2) is 0 Å². The van der Waals surface area contributed by atoms with Gasteiger partial charge in [-0.25, -0.2) is 0 Å². The summed E-state index contributed by atoms with van der Waals surface area (Å²) in [6.07, 6.45) is 4.83. The second-order valence-corrected chi connectivity index (χ2v) is 4.14. The number of fused-ring (bicyclic) bond motifs is 4. The van der Waals surface area contributed by atoms with Gasteiger partial charge in [0.1, 0.15) is 5.76 Å². The summed E-state index contributed by atoms with van der Waals surface area (Å²) < 4.78 is 5.33. The predicted molar refractivity (Wildman–Crippen MR) is 48.5 cm³/mol. The molecule has 2 bridgehead atoms. The first-order valence-electron chi connectivity index (χ1n) is 5.05. The van der Waals surface area contributed by atoms with Crippen LogP contribution in [0.2, 0.25) is 0 Å². The molecule has 2 unspecified atom stereocenters. The van der Waals surface area contributed by atoms with Gasteiger partial charge in [0.2, 0.25) is 0 Å². The van der Waals surface area contributed by atoms with E-state index in [2.05, 4.69) is 10.5 Å². The van der Waals surface area contributed by atoms with Gasteiger partial charge in [0.05, 0.1) is 5.69 Å². The van der Waals surface area contributed by atoms with Crippen molar-refractivity contribution in [1.82, 2.24) is 10.5 Å². The van der Waals surface area contributed by atoms with Crippen LogP contribution in [0, 0.1) is 6.92 Å². The fraction of sp³-hybridized carbons (Fsp3) is 0.700. The van der Waals surface area contributed by atoms with E-state index < -0.39 is 0 Å². The van der Waals surface area contributed by atoms with Crippen molar-refractivity contribution in [3.63, 3.8) is 0 Å². The molecule has 1 N–H and O–H groups in total. The fourth-order valence-electron chi connectivity index (χ4n) is 2.63. The molecule has 0 radical (unpaired) electrons. The molecule has 3 rings (SSSR count). The zero-order valence-corrected chi connectivity index (χ0v) is 7.84. The lowest BCUT2D eigenvalue weighted by Gasteiger charge is -2.08. The van der Waals surface area contributed by atoms with Gasteiger partial charge in [-0.3, -0.25) is 0 Å². The molecule has 1 fully saturated rings. The number of aryl methyl sites for hydroxylation is 2. The minimum atomic E-state index is 0.522. The van der Waals surface area contributed by atoms with E-state index in [9.17, 15) is 0 Å². The molecule has 0 aliphatic carbocycles. The highest BCUT2D eigenvalue weighted by Crippen LogP contribution is 2.36. The first-order valence-corrected chi connectivity index (χ1v) is 5.05. The maximum atomic E-state index is 5.33. The van der Waals surface area contributed by atoms with Gasteiger partial charge in [-0.15, -0.1) is 0 Å². The van der Waals surface area contributed by atoms with Crippen LogP contribution in [0.5, 0.6) is 0 Å². The van der Waals surface area contributed by atoms with E-state index in [0.717, 1.165) is 17.9 Å². The molecule has 2 atom stereocenters. The van der Waals surface area contributed by atoms with Crippen molar-refractivity contribution in [3.05, 3.63) is 17.0 Å². The van der Waals surface area contributed by atoms with Gasteiger partial charge in [-0.1, -0.05) is 5.16 Å². The molecule has 2 aliphatic rings. The summed E-state index contributed by atoms with van der Waals surface area (Å²) in [5.74, 6) is 1.12. The molecule has 0 aromatic carbocycles. The third kappa shape index (κ3) is 1.03. The van der Waals surface area contributed by atoms with Crippen molar-refractivity contribution in [1.29, 1.82) is 0 Å². The molecule has 1 saturated heterocycles. The minimum absolute atomic E-state index is 0.522. The molecule has 0 amide bonds. The number of nitrogens with one attached hydrogen (secondary N) is 1. The smallest absolute Gasteiger partial charge is 0.141 e. The average molecular weight is 178 g/mol. The molecule has 3 heteroatoms. The normalized spacial score (nSPS) is 31.5. The van der Waals surface area contributed by atoms with Crippen LogP contribution < -0.4 is 5.32 Å². The molecule has 3 nitrogen and oxygen atoms in total. The Balaban J connectivity index is 2.09. The van der Waals surface area contributed by atoms with Gasteiger partial charge in [0, 0.05) is 24.1 Å². The Morgan fingerprint density at radius 2 is 2.31 bits per heavy atom. The standard InChI is InChI=1S/C10H14N2O/c1-6-10-8-4-2-7(11-8)3-5-9(10)13-12-6/h7-8,11H,2-5H2,1H3. The topological polar surface area (TPSA) is 38.1 Å². The van der Waals surface area contributed by atoms with E-state index in [1.165, 1.54) is 24.8 Å². The second kappa shape index (κ2) is 2.58. The van der Waals surface area contributed by atoms with E-state index in [1.807, 2.05) is 6.92 Å². The van der Waals surface area contributed by atoms with Crippen molar-refractivity contribution < 1.29 is 4.52 Å². The van der Waals surface area contributed by atoms with E-state index in [1.54, 1.807) is 0 Å². The van der Waals surface area contributed by atoms with Crippen LogP contribution in [0.25, 0.3) is 0 Å². The lowest BCUT2D eigenvalue weighted by Crippen LogP contribution is -2.22. The summed E-state index contributed by atoms with van der Waals surface area (Å²) in [5.41, 5.74) is 2.43. The average Bonchev–Trinajstić information content (AvgIpc) is 2.60. The van der Waals surface area contributed by atoms with Gasteiger partial charge >= 0.3 is 0 Å². The third-order valence-corrected chi connectivity index (χ3v) is 3.29. The molecule has 0 spiro atoms. The lowest BCUT2D eigenvalue weighted by atomic mass is 9.98. The summed E-state index contributed by atoms with van der Waals surface area (Å²) in [4.78, 5) is 0. The SMILES string of the molecule is Cc1noc2c1C1CCC(CC2)N1. The van der Waals surface area contributed by atoms with Gasteiger partial charge in [0.25, 0.3) is 0 Å². The third-order valence-electron chi connectivity index (χ3n) is 3.29. The highest BCUT2D eigenvalue weighted by atomic mass is 16.5. The van der Waals surface area contributed by atoms with Gasteiger partial charge < -0.3 is 9.84 Å². The number of aromatic nitrogens is 1. The summed E-state index contributed by atoms with van der Waals surface area (Å²) >= 11 is 0. The summed E-state index contributed by atoms with van der Waals surface area (Å²) in [6.45, 7) is 2.04. The van der Waals surface area contributed by atoms with Crippen molar-refractivity contribution in [2.24, 2.45) is 0 Å². The Kier molecular flexibility index (Phi) is 1.50. The van der Waals surface area contributed by atoms with Crippen LogP contribution >= 0.6 is 0 Å². The molecule has 1 aromatic rings. The van der Waals surface area contributed by atoms with Gasteiger partial charge in [-0.05, 0) is 26.2 Å². The molecule has 0 saturated carbocycles. The number of hydrogen-bond acceptors (Lipinski definition) is 3. The number of hydrogen-bond donors (Lipinski definition) is 1.